The van der Waals surface area contributed by atoms with Gasteiger partial charge in [0.15, 0.2) is 0 Å². The normalized spacial score (nSPS) is 11.9. The number of hydrogen-bond donors (Lipinski definition) is 0. The molecule has 3 heteroatoms. The molecule has 0 nitrogen and oxygen atoms in total. The Hall–Kier alpha value is -4.25. The van der Waals surface area contributed by atoms with Crippen LogP contribution in [0.25, 0.3) is 0 Å². The van der Waals surface area contributed by atoms with Gasteiger partial charge in [-0.15, -0.1) is 0 Å². The second-order valence-electron chi connectivity index (χ2n) is 15.2. The molecule has 0 spiro atoms. The molecule has 0 unspecified atom stereocenters. The molecule has 0 atom stereocenters. The van der Waals surface area contributed by atoms with Crippen molar-refractivity contribution in [2.75, 3.05) is 0 Å². The summed E-state index contributed by atoms with van der Waals surface area (Å²) in [6.07, 6.45) is 0. The third-order valence-corrected chi connectivity index (χ3v) is 155. The van der Waals surface area contributed by atoms with Crippen LogP contribution in [0.1, 0.15) is 0 Å². The predicted octanol–water partition coefficient (Wildman–Crippen LogP) is 6.95. The van der Waals surface area contributed by atoms with E-state index in [1.807, 2.05) is 0 Å². The van der Waals surface area contributed by atoms with Crippen molar-refractivity contribution in [1.82, 2.24) is 0 Å². The summed E-state index contributed by atoms with van der Waals surface area (Å²) in [5.41, 5.74) is 0. The Labute approximate surface area is 358 Å². The van der Waals surface area contributed by atoms with Crippen molar-refractivity contribution in [2.45, 2.75) is -1.40 Å². The molecule has 0 radical (unpaired) electrons. The van der Waals surface area contributed by atoms with Crippen molar-refractivity contribution in [2.24, 2.45) is 0 Å². The van der Waals surface area contributed by atoms with Gasteiger partial charge >= 0.3 is 363 Å². The van der Waals surface area contributed by atoms with E-state index < -0.39 is 63.5 Å². The van der Waals surface area contributed by atoms with Gasteiger partial charge in [-0.05, 0) is 0 Å². The summed E-state index contributed by atoms with van der Waals surface area (Å²) < 4.78 is 14.3. The zero-order chi connectivity index (χ0) is 39.1. The van der Waals surface area contributed by atoms with Gasteiger partial charge in [0.2, 0.25) is 0 Å². The molecule has 0 saturated heterocycles. The van der Waals surface area contributed by atoms with Gasteiger partial charge in [0.1, 0.15) is 0 Å². The maximum atomic E-state index is 2.54. The van der Waals surface area contributed by atoms with Gasteiger partial charge < -0.3 is 0 Å². The summed E-state index contributed by atoms with van der Waals surface area (Å²) >= 11 is -14.4. The third-order valence-electron chi connectivity index (χ3n) is 12.4. The first-order valence-electron chi connectivity index (χ1n) is 20.3. The molecule has 0 aliphatic heterocycles. The fourth-order valence-electron chi connectivity index (χ4n) is 10.3. The SMILES string of the molecule is c1cc[c]([Pb]([c]2ccccc2)([c]2ccccc2)[CH]([Pb]([c]2ccccc2)([c]2ccccc2)[c]2ccccc2)[Pb]([c]2ccccc2)([c]2ccccc2)[c]2ccccc2)cc1. The van der Waals surface area contributed by atoms with E-state index in [9.17, 15) is 0 Å². The molecule has 0 bridgehead atoms. The topological polar surface area (TPSA) is 0 Å². The minimum atomic E-state index is -4.79. The molecule has 0 N–H and O–H groups in total. The van der Waals surface area contributed by atoms with Crippen LogP contribution in [-0.2, 0) is 0 Å². The molecule has 0 aliphatic carbocycles. The van der Waals surface area contributed by atoms with Gasteiger partial charge in [0.25, 0.3) is 0 Å². The van der Waals surface area contributed by atoms with E-state index in [2.05, 4.69) is 273 Å². The molecule has 278 valence electrons. The molecule has 9 aromatic rings. The quantitative estimate of drug-likeness (QED) is 0.117. The summed E-state index contributed by atoms with van der Waals surface area (Å²) in [5.74, 6) is 0. The Kier molecular flexibility index (Phi) is 12.1. The van der Waals surface area contributed by atoms with Crippen LogP contribution in [0.5, 0.6) is 0 Å². The molecule has 0 amide bonds. The third kappa shape index (κ3) is 6.82. The molecular formula is C55H46Pb3. The minimum absolute atomic E-state index is 0.332. The zero-order valence-corrected chi connectivity index (χ0v) is 44.2. The summed E-state index contributed by atoms with van der Waals surface area (Å²) in [5, 5.41) is 0. The van der Waals surface area contributed by atoms with Crippen molar-refractivity contribution in [1.29, 1.82) is 0 Å². The van der Waals surface area contributed by atoms with Gasteiger partial charge in [0.05, 0.1) is 0 Å². The number of hydrogen-bond acceptors (Lipinski definition) is 0. The Morgan fingerprint density at radius 1 is 0.155 bits per heavy atom. The van der Waals surface area contributed by atoms with Crippen molar-refractivity contribution < 1.29 is 0 Å². The molecule has 9 rings (SSSR count). The van der Waals surface area contributed by atoms with Crippen molar-refractivity contribution in [3.8, 4) is 0 Å². The molecule has 0 saturated carbocycles. The number of rotatable bonds is 12. The Morgan fingerprint density at radius 2 is 0.259 bits per heavy atom. The van der Waals surface area contributed by atoms with Crippen molar-refractivity contribution in [3.63, 3.8) is 0 Å². The fraction of sp³-hybridized carbons (Fsp3) is 0.0182. The second-order valence-corrected chi connectivity index (χ2v) is 87.1. The summed E-state index contributed by atoms with van der Waals surface area (Å²) in [6, 6.07) is 107. The zero-order valence-electron chi connectivity index (χ0n) is 32.6. The van der Waals surface area contributed by atoms with Crippen LogP contribution in [-0.4, -0.2) is 63.5 Å². The first-order chi connectivity index (χ1) is 28.8. The van der Waals surface area contributed by atoms with Crippen LogP contribution >= 0.6 is 0 Å². The van der Waals surface area contributed by atoms with Gasteiger partial charge in [-0.25, -0.2) is 0 Å². The van der Waals surface area contributed by atoms with Crippen molar-refractivity contribution >= 4 is 91.6 Å². The molecule has 0 heterocycles. The van der Waals surface area contributed by atoms with Gasteiger partial charge in [-0.2, -0.15) is 0 Å². The second kappa shape index (κ2) is 17.9. The average molecular weight is 1330 g/mol. The predicted molar refractivity (Wildman–Crippen MR) is 256 cm³/mol. The van der Waals surface area contributed by atoms with E-state index in [4.69, 9.17) is 0 Å². The van der Waals surface area contributed by atoms with Crippen LogP contribution in [0.2, 0.25) is -1.40 Å². The number of benzene rings is 9. The van der Waals surface area contributed by atoms with E-state index >= 15 is 0 Å². The van der Waals surface area contributed by atoms with Crippen LogP contribution in [0, 0.1) is 0 Å². The van der Waals surface area contributed by atoms with E-state index in [1.165, 1.54) is 0 Å². The van der Waals surface area contributed by atoms with E-state index in [0.29, 0.717) is -1.40 Å². The van der Waals surface area contributed by atoms with Gasteiger partial charge in [0, 0.05) is 0 Å². The maximum absolute atomic E-state index is 4.79. The molecule has 0 fully saturated rings. The first kappa shape index (κ1) is 39.2. The molecule has 0 aromatic heterocycles. The van der Waals surface area contributed by atoms with Gasteiger partial charge in [-0.3, -0.25) is 0 Å². The summed E-state index contributed by atoms with van der Waals surface area (Å²) in [7, 11) is 0. The van der Waals surface area contributed by atoms with Crippen LogP contribution in [0.3, 0.4) is 0 Å². The summed E-state index contributed by atoms with van der Waals surface area (Å²) in [6.45, 7) is 0. The van der Waals surface area contributed by atoms with Crippen LogP contribution < -0.4 is 28.1 Å². The molecule has 58 heavy (non-hydrogen) atoms. The van der Waals surface area contributed by atoms with Crippen LogP contribution in [0.4, 0.5) is 0 Å². The molecule has 9 aromatic carbocycles. The van der Waals surface area contributed by atoms with E-state index in [1.54, 1.807) is 28.1 Å². The van der Waals surface area contributed by atoms with Crippen LogP contribution in [0.15, 0.2) is 273 Å². The Bertz CT molecular complexity index is 2030. The standard InChI is InChI=1S/9C6H5.CH.3Pb/c9*1-2-4-6-5-3-1;;;;/h9*1-5H;1H;;;. The molecule has 0 aliphatic rings. The Morgan fingerprint density at radius 3 is 0.362 bits per heavy atom. The van der Waals surface area contributed by atoms with E-state index in [-0.39, 0.29) is 0 Å². The first-order valence-corrected chi connectivity index (χ1v) is 44.5. The Balaban J connectivity index is 1.68. The average Bonchev–Trinajstić information content (AvgIpc) is 3.33. The summed E-state index contributed by atoms with van der Waals surface area (Å²) in [4.78, 5) is 0. The fourth-order valence-corrected chi connectivity index (χ4v) is 235. The van der Waals surface area contributed by atoms with E-state index in [0.717, 1.165) is 0 Å². The molecular weight excluding hydrogens is 1280 g/mol. The monoisotopic (exact) mass is 1330 g/mol. The van der Waals surface area contributed by atoms with Gasteiger partial charge in [-0.1, -0.05) is 0 Å². The van der Waals surface area contributed by atoms with Crippen molar-refractivity contribution in [3.05, 3.63) is 273 Å².